The molecule has 4 heteroatoms. The summed E-state index contributed by atoms with van der Waals surface area (Å²) in [5.74, 6) is 0. The summed E-state index contributed by atoms with van der Waals surface area (Å²) in [6, 6.07) is 41.7. The first-order valence-corrected chi connectivity index (χ1v) is 12.2. The Hall–Kier alpha value is -4.41. The summed E-state index contributed by atoms with van der Waals surface area (Å²) in [6.45, 7) is 1.32. The number of para-hydroxylation sites is 2. The van der Waals surface area contributed by atoms with Crippen LogP contribution in [0.3, 0.4) is 0 Å². The van der Waals surface area contributed by atoms with Gasteiger partial charge in [0, 0.05) is 30.1 Å². The first kappa shape index (κ1) is 22.1. The lowest BCUT2D eigenvalue weighted by molar-refractivity contribution is 0.199. The molecule has 0 unspecified atom stereocenters. The summed E-state index contributed by atoms with van der Waals surface area (Å²) in [5.41, 5.74) is 6.25. The fourth-order valence-electron chi connectivity index (χ4n) is 4.79. The maximum Gasteiger partial charge on any atom is 0.0783 e. The number of hydrogen-bond donors (Lipinski definition) is 0. The molecule has 174 valence electrons. The monoisotopic (exact) mass is 466 g/mol. The van der Waals surface area contributed by atoms with Crippen LogP contribution in [0.15, 0.2) is 128 Å². The molecule has 0 radical (unpaired) electrons. The van der Waals surface area contributed by atoms with E-state index in [4.69, 9.17) is 15.0 Å². The summed E-state index contributed by atoms with van der Waals surface area (Å²) < 4.78 is 0. The van der Waals surface area contributed by atoms with Gasteiger partial charge >= 0.3 is 0 Å². The molecule has 0 spiro atoms. The van der Waals surface area contributed by atoms with Crippen molar-refractivity contribution >= 4 is 21.8 Å². The molecule has 0 aliphatic heterocycles. The molecule has 0 amide bonds. The Kier molecular flexibility index (Phi) is 6.17. The minimum absolute atomic E-state index is 0.0473. The molecule has 0 fully saturated rings. The second kappa shape index (κ2) is 10.1. The third-order valence-corrected chi connectivity index (χ3v) is 6.49. The van der Waals surface area contributed by atoms with Crippen LogP contribution in [0.5, 0.6) is 0 Å². The van der Waals surface area contributed by atoms with E-state index in [1.807, 2.05) is 36.5 Å². The largest absolute Gasteiger partial charge is 0.279 e. The van der Waals surface area contributed by atoms with Crippen LogP contribution in [0.25, 0.3) is 21.8 Å². The summed E-state index contributed by atoms with van der Waals surface area (Å²) in [7, 11) is 0. The predicted molar refractivity (Wildman–Crippen MR) is 145 cm³/mol. The Morgan fingerprint density at radius 1 is 0.528 bits per heavy atom. The molecule has 0 bridgehead atoms. The van der Waals surface area contributed by atoms with Crippen LogP contribution in [0.1, 0.15) is 28.7 Å². The van der Waals surface area contributed by atoms with E-state index in [1.165, 1.54) is 5.56 Å². The quantitative estimate of drug-likeness (QED) is 0.255. The normalized spacial score (nSPS) is 12.2. The number of rotatable bonds is 7. The topological polar surface area (TPSA) is 41.9 Å². The lowest BCUT2D eigenvalue weighted by atomic mass is 10.00. The molecule has 0 saturated carbocycles. The highest BCUT2D eigenvalue weighted by Gasteiger charge is 2.25. The van der Waals surface area contributed by atoms with E-state index in [0.717, 1.165) is 38.9 Å². The molecule has 3 aromatic carbocycles. The van der Waals surface area contributed by atoms with Gasteiger partial charge in [0.2, 0.25) is 0 Å². The number of pyridine rings is 3. The van der Waals surface area contributed by atoms with E-state index in [0.29, 0.717) is 13.1 Å². The Labute approximate surface area is 210 Å². The third kappa shape index (κ3) is 4.72. The maximum absolute atomic E-state index is 4.99. The number of aromatic nitrogens is 3. The van der Waals surface area contributed by atoms with Crippen LogP contribution in [-0.2, 0) is 13.1 Å². The van der Waals surface area contributed by atoms with Crippen molar-refractivity contribution in [3.63, 3.8) is 0 Å². The SMILES string of the molecule is c1ccc([C@H](c2ccccn2)N(Cc2ccc3ccccc3n2)Cc2ccc3ccccc3n2)cc1. The van der Waals surface area contributed by atoms with Crippen LogP contribution < -0.4 is 0 Å². The Morgan fingerprint density at radius 2 is 1.08 bits per heavy atom. The highest BCUT2D eigenvalue weighted by molar-refractivity contribution is 5.79. The van der Waals surface area contributed by atoms with Crippen molar-refractivity contribution in [1.29, 1.82) is 0 Å². The lowest BCUT2D eigenvalue weighted by Gasteiger charge is -2.31. The van der Waals surface area contributed by atoms with E-state index in [9.17, 15) is 0 Å². The van der Waals surface area contributed by atoms with Crippen molar-refractivity contribution in [2.24, 2.45) is 0 Å². The van der Waals surface area contributed by atoms with E-state index < -0.39 is 0 Å². The van der Waals surface area contributed by atoms with Crippen LogP contribution >= 0.6 is 0 Å². The van der Waals surface area contributed by atoms with Gasteiger partial charge in [-0.2, -0.15) is 0 Å². The van der Waals surface area contributed by atoms with Gasteiger partial charge in [-0.1, -0.05) is 84.9 Å². The first-order valence-electron chi connectivity index (χ1n) is 12.2. The lowest BCUT2D eigenvalue weighted by Crippen LogP contribution is -2.30. The highest BCUT2D eigenvalue weighted by Crippen LogP contribution is 2.30. The van der Waals surface area contributed by atoms with Crippen molar-refractivity contribution in [2.45, 2.75) is 19.1 Å². The molecule has 0 aliphatic carbocycles. The zero-order valence-electron chi connectivity index (χ0n) is 19.9. The van der Waals surface area contributed by atoms with Crippen molar-refractivity contribution < 1.29 is 0 Å². The predicted octanol–water partition coefficient (Wildman–Crippen LogP) is 6.97. The number of fused-ring (bicyclic) bond motifs is 2. The van der Waals surface area contributed by atoms with Gasteiger partial charge < -0.3 is 0 Å². The van der Waals surface area contributed by atoms with Crippen molar-refractivity contribution in [1.82, 2.24) is 19.9 Å². The second-order valence-electron chi connectivity index (χ2n) is 8.96. The average molecular weight is 467 g/mol. The van der Waals surface area contributed by atoms with Gasteiger partial charge in [0.15, 0.2) is 0 Å². The van der Waals surface area contributed by atoms with Crippen LogP contribution in [0.2, 0.25) is 0 Å². The van der Waals surface area contributed by atoms with Gasteiger partial charge in [-0.05, 0) is 42.0 Å². The number of hydrogen-bond acceptors (Lipinski definition) is 4. The Bertz CT molecular complexity index is 1480. The van der Waals surface area contributed by atoms with E-state index >= 15 is 0 Å². The van der Waals surface area contributed by atoms with Gasteiger partial charge in [-0.25, -0.2) is 0 Å². The summed E-state index contributed by atoms with van der Waals surface area (Å²) in [4.78, 5) is 17.2. The average Bonchev–Trinajstić information content (AvgIpc) is 2.94. The molecule has 6 aromatic rings. The minimum Gasteiger partial charge on any atom is -0.279 e. The van der Waals surface area contributed by atoms with Gasteiger partial charge in [-0.3, -0.25) is 19.9 Å². The molecule has 0 aliphatic rings. The zero-order chi connectivity index (χ0) is 24.2. The summed E-state index contributed by atoms with van der Waals surface area (Å²) in [6.07, 6.45) is 1.87. The van der Waals surface area contributed by atoms with Crippen LogP contribution in [-0.4, -0.2) is 19.9 Å². The molecule has 0 N–H and O–H groups in total. The first-order chi connectivity index (χ1) is 17.8. The standard InChI is InChI=1S/C32H26N4/c1-2-12-26(13-3-1)32(31-16-8-9-21-33-31)36(22-27-19-17-24-10-4-6-14-29(24)34-27)23-28-20-18-25-11-5-7-15-30(25)35-28/h1-21,32H,22-23H2/t32-/m1/s1. The fraction of sp³-hybridized carbons (Fsp3) is 0.0938. The van der Waals surface area contributed by atoms with E-state index in [2.05, 4.69) is 95.9 Å². The summed E-state index contributed by atoms with van der Waals surface area (Å²) >= 11 is 0. The maximum atomic E-state index is 4.99. The summed E-state index contributed by atoms with van der Waals surface area (Å²) in [5, 5.41) is 2.29. The number of benzene rings is 3. The molecule has 1 atom stereocenters. The van der Waals surface area contributed by atoms with Gasteiger partial charge in [-0.15, -0.1) is 0 Å². The molecule has 0 saturated heterocycles. The third-order valence-electron chi connectivity index (χ3n) is 6.49. The van der Waals surface area contributed by atoms with Crippen molar-refractivity contribution in [3.8, 4) is 0 Å². The van der Waals surface area contributed by atoms with Gasteiger partial charge in [0.1, 0.15) is 0 Å². The van der Waals surface area contributed by atoms with E-state index in [1.54, 1.807) is 0 Å². The molecular formula is C32H26N4. The van der Waals surface area contributed by atoms with Crippen LogP contribution in [0.4, 0.5) is 0 Å². The molecule has 3 heterocycles. The molecular weight excluding hydrogens is 440 g/mol. The highest BCUT2D eigenvalue weighted by atomic mass is 15.2. The fourth-order valence-corrected chi connectivity index (χ4v) is 4.79. The Balaban J connectivity index is 1.44. The smallest absolute Gasteiger partial charge is 0.0783 e. The minimum atomic E-state index is -0.0473. The molecule has 36 heavy (non-hydrogen) atoms. The van der Waals surface area contributed by atoms with Gasteiger partial charge in [0.05, 0.1) is 34.2 Å². The molecule has 4 nitrogen and oxygen atoms in total. The zero-order valence-corrected chi connectivity index (χ0v) is 19.9. The molecule has 6 rings (SSSR count). The Morgan fingerprint density at radius 3 is 1.67 bits per heavy atom. The van der Waals surface area contributed by atoms with E-state index in [-0.39, 0.29) is 6.04 Å². The van der Waals surface area contributed by atoms with Crippen molar-refractivity contribution in [2.75, 3.05) is 0 Å². The second-order valence-corrected chi connectivity index (χ2v) is 8.96. The number of nitrogens with zero attached hydrogens (tertiary/aromatic N) is 4. The van der Waals surface area contributed by atoms with Crippen molar-refractivity contribution in [3.05, 3.63) is 150 Å². The van der Waals surface area contributed by atoms with Crippen LogP contribution in [0, 0.1) is 0 Å². The van der Waals surface area contributed by atoms with Gasteiger partial charge in [0.25, 0.3) is 0 Å². The molecule has 3 aromatic heterocycles.